The van der Waals surface area contributed by atoms with Crippen molar-refractivity contribution >= 4 is 38.9 Å². The van der Waals surface area contributed by atoms with Gasteiger partial charge in [-0.3, -0.25) is 9.59 Å². The number of hydrogen-bond donors (Lipinski definition) is 2. The average Bonchev–Trinajstić information content (AvgIpc) is 3.17. The minimum Gasteiger partial charge on any atom is -0.497 e. The Kier molecular flexibility index (Phi) is 7.34. The zero-order chi connectivity index (χ0) is 19.9. The molecule has 2 N–H and O–H groups in total. The van der Waals surface area contributed by atoms with Crippen LogP contribution in [0.4, 0.5) is 5.69 Å². The maximum Gasteiger partial charge on any atom is 0.250 e. The summed E-state index contributed by atoms with van der Waals surface area (Å²) in [5, 5.41) is 4.34. The first kappa shape index (κ1) is 20.9. The second kappa shape index (κ2) is 9.49. The average molecular weight is 412 g/mol. The minimum atomic E-state index is -3.60. The number of methoxy groups -OCH3 is 1. The third kappa shape index (κ3) is 6.35. The molecule has 2 aromatic rings. The van der Waals surface area contributed by atoms with E-state index >= 15 is 0 Å². The molecular formula is C17H21N3O5S2. The van der Waals surface area contributed by atoms with Crippen LogP contribution in [0.15, 0.2) is 46.0 Å². The standard InChI is InChI=1S/C17H21N3O5S2/c1-20(12-15(21)19-13-5-7-14(25-2)8-6-13)16(22)9-10-18-27(23,24)17-4-3-11-26-17/h3-8,11,18H,9-10,12H2,1-2H3,(H,19,21). The zero-order valence-electron chi connectivity index (χ0n) is 15.0. The summed E-state index contributed by atoms with van der Waals surface area (Å²) in [6, 6.07) is 9.94. The van der Waals surface area contributed by atoms with E-state index in [1.54, 1.807) is 42.8 Å². The summed E-state index contributed by atoms with van der Waals surface area (Å²) in [6.07, 6.45) is -0.0447. The largest absolute Gasteiger partial charge is 0.497 e. The Balaban J connectivity index is 1.76. The van der Waals surface area contributed by atoms with E-state index in [1.807, 2.05) is 0 Å². The van der Waals surface area contributed by atoms with Crippen molar-refractivity contribution in [2.45, 2.75) is 10.6 Å². The number of nitrogens with zero attached hydrogens (tertiary/aromatic N) is 1. The summed E-state index contributed by atoms with van der Waals surface area (Å²) >= 11 is 1.10. The van der Waals surface area contributed by atoms with Crippen LogP contribution in [0.1, 0.15) is 6.42 Å². The zero-order valence-corrected chi connectivity index (χ0v) is 16.6. The van der Waals surface area contributed by atoms with Crippen LogP contribution in [0.2, 0.25) is 0 Å². The molecule has 0 saturated carbocycles. The number of rotatable bonds is 9. The lowest BCUT2D eigenvalue weighted by atomic mass is 10.3. The van der Waals surface area contributed by atoms with Crippen molar-refractivity contribution in [2.24, 2.45) is 0 Å². The van der Waals surface area contributed by atoms with Crippen LogP contribution in [0.25, 0.3) is 0 Å². The molecular weight excluding hydrogens is 390 g/mol. The molecule has 8 nitrogen and oxygen atoms in total. The number of benzene rings is 1. The molecule has 0 unspecified atom stereocenters. The monoisotopic (exact) mass is 411 g/mol. The van der Waals surface area contributed by atoms with E-state index in [1.165, 1.54) is 18.0 Å². The van der Waals surface area contributed by atoms with Crippen LogP contribution < -0.4 is 14.8 Å². The van der Waals surface area contributed by atoms with E-state index in [2.05, 4.69) is 10.0 Å². The van der Waals surface area contributed by atoms with Crippen molar-refractivity contribution < 1.29 is 22.7 Å². The van der Waals surface area contributed by atoms with Crippen molar-refractivity contribution in [1.29, 1.82) is 0 Å². The number of likely N-dealkylation sites (N-methyl/N-ethyl adjacent to an activating group) is 1. The fraction of sp³-hybridized carbons (Fsp3) is 0.294. The number of amides is 2. The normalized spacial score (nSPS) is 11.0. The van der Waals surface area contributed by atoms with Gasteiger partial charge < -0.3 is 15.0 Å². The Bertz CT molecular complexity index is 864. The number of thiophene rings is 1. The Morgan fingerprint density at radius 3 is 2.48 bits per heavy atom. The Hall–Kier alpha value is -2.43. The number of hydrogen-bond acceptors (Lipinski definition) is 6. The molecule has 1 aromatic carbocycles. The van der Waals surface area contributed by atoms with Gasteiger partial charge in [0.25, 0.3) is 0 Å². The molecule has 2 amide bonds. The van der Waals surface area contributed by atoms with E-state index in [0.717, 1.165) is 11.3 Å². The van der Waals surface area contributed by atoms with Gasteiger partial charge in [-0.1, -0.05) is 6.07 Å². The maximum absolute atomic E-state index is 12.1. The first-order valence-electron chi connectivity index (χ1n) is 8.03. The molecule has 0 aliphatic carbocycles. The lowest BCUT2D eigenvalue weighted by Crippen LogP contribution is -2.37. The molecule has 0 aliphatic heterocycles. The molecule has 0 saturated heterocycles. The van der Waals surface area contributed by atoms with Gasteiger partial charge in [0.15, 0.2) is 0 Å². The van der Waals surface area contributed by atoms with Crippen molar-refractivity contribution in [3.8, 4) is 5.75 Å². The Morgan fingerprint density at radius 1 is 1.19 bits per heavy atom. The summed E-state index contributed by atoms with van der Waals surface area (Å²) in [5.41, 5.74) is 0.588. The maximum atomic E-state index is 12.1. The van der Waals surface area contributed by atoms with Gasteiger partial charge in [0.1, 0.15) is 9.96 Å². The molecule has 0 spiro atoms. The molecule has 0 atom stereocenters. The predicted molar refractivity (Wildman–Crippen MR) is 103 cm³/mol. The van der Waals surface area contributed by atoms with E-state index in [0.29, 0.717) is 11.4 Å². The van der Waals surface area contributed by atoms with Gasteiger partial charge in [-0.15, -0.1) is 11.3 Å². The fourth-order valence-corrected chi connectivity index (χ4v) is 4.22. The third-order valence-electron chi connectivity index (χ3n) is 3.57. The number of ether oxygens (including phenoxy) is 1. The highest BCUT2D eigenvalue weighted by molar-refractivity contribution is 7.91. The second-order valence-electron chi connectivity index (χ2n) is 5.61. The highest BCUT2D eigenvalue weighted by Crippen LogP contribution is 2.16. The van der Waals surface area contributed by atoms with Crippen LogP contribution in [0.3, 0.4) is 0 Å². The van der Waals surface area contributed by atoms with E-state index in [-0.39, 0.29) is 35.5 Å². The summed E-state index contributed by atoms with van der Waals surface area (Å²) < 4.78 is 31.6. The molecule has 1 heterocycles. The van der Waals surface area contributed by atoms with E-state index < -0.39 is 10.0 Å². The summed E-state index contributed by atoms with van der Waals surface area (Å²) in [6.45, 7) is -0.175. The quantitative estimate of drug-likeness (QED) is 0.651. The Morgan fingerprint density at radius 2 is 1.89 bits per heavy atom. The molecule has 146 valence electrons. The lowest BCUT2D eigenvalue weighted by molar-refractivity contribution is -0.133. The first-order chi connectivity index (χ1) is 12.8. The number of carbonyl (C=O) groups is 2. The second-order valence-corrected chi connectivity index (χ2v) is 8.55. The number of sulfonamides is 1. The smallest absolute Gasteiger partial charge is 0.250 e. The first-order valence-corrected chi connectivity index (χ1v) is 10.4. The third-order valence-corrected chi connectivity index (χ3v) is 6.43. The van der Waals surface area contributed by atoms with Gasteiger partial charge in [0.2, 0.25) is 21.8 Å². The number of anilines is 1. The van der Waals surface area contributed by atoms with Gasteiger partial charge in [-0.05, 0) is 35.7 Å². The molecule has 0 fully saturated rings. The molecule has 2 rings (SSSR count). The molecule has 27 heavy (non-hydrogen) atoms. The Labute approximate surface area is 162 Å². The van der Waals surface area contributed by atoms with Gasteiger partial charge in [-0.2, -0.15) is 0 Å². The van der Waals surface area contributed by atoms with Crippen LogP contribution in [0, 0.1) is 0 Å². The van der Waals surface area contributed by atoms with Crippen molar-refractivity contribution in [2.75, 3.05) is 32.6 Å². The minimum absolute atomic E-state index is 0.0382. The molecule has 1 aromatic heterocycles. The van der Waals surface area contributed by atoms with Crippen LogP contribution in [-0.2, 0) is 19.6 Å². The van der Waals surface area contributed by atoms with Gasteiger partial charge in [0.05, 0.1) is 13.7 Å². The lowest BCUT2D eigenvalue weighted by Gasteiger charge is -2.17. The topological polar surface area (TPSA) is 105 Å². The van der Waals surface area contributed by atoms with Crippen molar-refractivity contribution in [1.82, 2.24) is 9.62 Å². The molecule has 0 aliphatic rings. The predicted octanol–water partition coefficient (Wildman–Crippen LogP) is 1.52. The van der Waals surface area contributed by atoms with Gasteiger partial charge >= 0.3 is 0 Å². The van der Waals surface area contributed by atoms with Crippen molar-refractivity contribution in [3.63, 3.8) is 0 Å². The summed E-state index contributed by atoms with van der Waals surface area (Å²) in [5.74, 6) is -0.0192. The highest BCUT2D eigenvalue weighted by Gasteiger charge is 2.17. The molecule has 10 heteroatoms. The van der Waals surface area contributed by atoms with Gasteiger partial charge in [-0.25, -0.2) is 13.1 Å². The summed E-state index contributed by atoms with van der Waals surface area (Å²) in [7, 11) is -0.560. The van der Waals surface area contributed by atoms with E-state index in [9.17, 15) is 18.0 Å². The number of carbonyl (C=O) groups excluding carboxylic acids is 2. The van der Waals surface area contributed by atoms with Crippen molar-refractivity contribution in [3.05, 3.63) is 41.8 Å². The molecule has 0 radical (unpaired) electrons. The highest BCUT2D eigenvalue weighted by atomic mass is 32.2. The van der Waals surface area contributed by atoms with E-state index in [4.69, 9.17) is 4.74 Å². The van der Waals surface area contributed by atoms with Gasteiger partial charge in [0, 0.05) is 25.7 Å². The summed E-state index contributed by atoms with van der Waals surface area (Å²) in [4.78, 5) is 25.4. The van der Waals surface area contributed by atoms with Crippen LogP contribution in [0.5, 0.6) is 5.75 Å². The number of nitrogens with one attached hydrogen (secondary N) is 2. The molecule has 0 bridgehead atoms. The van der Waals surface area contributed by atoms with Crippen LogP contribution in [-0.4, -0.2) is 52.4 Å². The van der Waals surface area contributed by atoms with Crippen LogP contribution >= 0.6 is 11.3 Å². The fourth-order valence-electron chi connectivity index (χ4n) is 2.15. The SMILES string of the molecule is COc1ccc(NC(=O)CN(C)C(=O)CCNS(=O)(=O)c2cccs2)cc1.